The Morgan fingerprint density at radius 1 is 1.13 bits per heavy atom. The summed E-state index contributed by atoms with van der Waals surface area (Å²) in [7, 11) is -1.88. The Bertz CT molecular complexity index is 1010. The van der Waals surface area contributed by atoms with Crippen molar-refractivity contribution in [2.75, 3.05) is 4.72 Å². The molecule has 0 saturated heterocycles. The van der Waals surface area contributed by atoms with Crippen LogP contribution in [0.15, 0.2) is 41.3 Å². The molecular formula is C16H16FN3O2S. The number of nitrogens with zero attached hydrogens (tertiary/aromatic N) is 2. The summed E-state index contributed by atoms with van der Waals surface area (Å²) in [6, 6.07) is 8.76. The first-order chi connectivity index (χ1) is 10.8. The fourth-order valence-electron chi connectivity index (χ4n) is 2.51. The largest absolute Gasteiger partial charge is 0.331 e. The van der Waals surface area contributed by atoms with E-state index < -0.39 is 15.8 Å². The van der Waals surface area contributed by atoms with Gasteiger partial charge in [-0.15, -0.1) is 0 Å². The van der Waals surface area contributed by atoms with Gasteiger partial charge < -0.3 is 4.57 Å². The van der Waals surface area contributed by atoms with Crippen molar-refractivity contribution in [3.63, 3.8) is 0 Å². The molecule has 2 aromatic carbocycles. The zero-order valence-electron chi connectivity index (χ0n) is 13.0. The molecule has 1 N–H and O–H groups in total. The lowest BCUT2D eigenvalue weighted by atomic mass is 10.2. The van der Waals surface area contributed by atoms with E-state index in [9.17, 15) is 12.8 Å². The van der Waals surface area contributed by atoms with E-state index in [1.54, 1.807) is 19.1 Å². The Morgan fingerprint density at radius 3 is 2.57 bits per heavy atom. The van der Waals surface area contributed by atoms with E-state index in [1.165, 1.54) is 12.1 Å². The zero-order valence-corrected chi connectivity index (χ0v) is 13.8. The normalized spacial score (nSPS) is 11.8. The minimum Gasteiger partial charge on any atom is -0.331 e. The number of sulfonamides is 1. The number of anilines is 1. The maximum atomic E-state index is 13.2. The second kappa shape index (κ2) is 5.34. The van der Waals surface area contributed by atoms with Gasteiger partial charge in [0.25, 0.3) is 10.0 Å². The molecule has 1 heterocycles. The van der Waals surface area contributed by atoms with Crippen LogP contribution in [0.3, 0.4) is 0 Å². The molecule has 23 heavy (non-hydrogen) atoms. The number of benzene rings is 2. The van der Waals surface area contributed by atoms with Crippen LogP contribution in [0, 0.1) is 19.7 Å². The summed E-state index contributed by atoms with van der Waals surface area (Å²) >= 11 is 0. The molecule has 0 bridgehead atoms. The van der Waals surface area contributed by atoms with Gasteiger partial charge in [0.15, 0.2) is 0 Å². The lowest BCUT2D eigenvalue weighted by Gasteiger charge is -2.10. The van der Waals surface area contributed by atoms with Crippen molar-refractivity contribution in [2.24, 2.45) is 7.05 Å². The zero-order chi connectivity index (χ0) is 16.8. The summed E-state index contributed by atoms with van der Waals surface area (Å²) in [5, 5.41) is 0. The summed E-state index contributed by atoms with van der Waals surface area (Å²) in [5.41, 5.74) is 2.40. The van der Waals surface area contributed by atoms with Gasteiger partial charge in [-0.25, -0.2) is 17.8 Å². The Balaban J connectivity index is 2.00. The molecule has 0 aliphatic rings. The monoisotopic (exact) mass is 333 g/mol. The van der Waals surface area contributed by atoms with Crippen LogP contribution in [-0.4, -0.2) is 18.0 Å². The van der Waals surface area contributed by atoms with Gasteiger partial charge in [-0.1, -0.05) is 0 Å². The van der Waals surface area contributed by atoms with Crippen LogP contribution in [0.4, 0.5) is 10.1 Å². The molecule has 0 saturated carbocycles. The second-order valence-electron chi connectivity index (χ2n) is 5.44. The predicted octanol–water partition coefficient (Wildman–Crippen LogP) is 3.13. The van der Waals surface area contributed by atoms with E-state index in [4.69, 9.17) is 0 Å². The molecule has 3 rings (SSSR count). The molecular weight excluding hydrogens is 317 g/mol. The number of imidazole rings is 1. The van der Waals surface area contributed by atoms with Crippen LogP contribution in [0.5, 0.6) is 0 Å². The molecule has 0 aliphatic heterocycles. The first kappa shape index (κ1) is 15.5. The molecule has 0 atom stereocenters. The summed E-state index contributed by atoms with van der Waals surface area (Å²) in [4.78, 5) is 4.44. The van der Waals surface area contributed by atoms with Crippen LogP contribution >= 0.6 is 0 Å². The van der Waals surface area contributed by atoms with Crippen molar-refractivity contribution < 1.29 is 12.8 Å². The van der Waals surface area contributed by atoms with E-state index in [2.05, 4.69) is 9.71 Å². The second-order valence-corrected chi connectivity index (χ2v) is 7.09. The summed E-state index contributed by atoms with van der Waals surface area (Å²) < 4.78 is 42.6. The van der Waals surface area contributed by atoms with Gasteiger partial charge >= 0.3 is 0 Å². The van der Waals surface area contributed by atoms with Gasteiger partial charge in [0.05, 0.1) is 21.6 Å². The van der Waals surface area contributed by atoms with E-state index >= 15 is 0 Å². The van der Waals surface area contributed by atoms with E-state index in [1.807, 2.05) is 24.6 Å². The van der Waals surface area contributed by atoms with Gasteiger partial charge in [0, 0.05) is 7.05 Å². The number of fused-ring (bicyclic) bond motifs is 1. The highest BCUT2D eigenvalue weighted by atomic mass is 32.2. The quantitative estimate of drug-likeness (QED) is 0.801. The molecule has 0 spiro atoms. The standard InChI is InChI=1S/C16H16FN3O2S/c1-10-8-12(17)4-7-16(10)23(21,22)19-13-5-6-15-14(9-13)18-11(2)20(15)3/h4-9,19H,1-3H3. The van der Waals surface area contributed by atoms with Gasteiger partial charge in [-0.2, -0.15) is 0 Å². The smallest absolute Gasteiger partial charge is 0.262 e. The Hall–Kier alpha value is -2.41. The molecule has 7 heteroatoms. The third-order valence-electron chi connectivity index (χ3n) is 3.78. The molecule has 0 radical (unpaired) electrons. The molecule has 0 aliphatic carbocycles. The lowest BCUT2D eigenvalue weighted by molar-refractivity contribution is 0.598. The third kappa shape index (κ3) is 2.79. The number of aromatic nitrogens is 2. The Morgan fingerprint density at radius 2 is 1.87 bits per heavy atom. The predicted molar refractivity (Wildman–Crippen MR) is 87.4 cm³/mol. The van der Waals surface area contributed by atoms with Crippen LogP contribution in [0.1, 0.15) is 11.4 Å². The van der Waals surface area contributed by atoms with Crippen LogP contribution < -0.4 is 4.72 Å². The summed E-state index contributed by atoms with van der Waals surface area (Å²) in [5.74, 6) is 0.376. The van der Waals surface area contributed by atoms with Crippen LogP contribution in [0.2, 0.25) is 0 Å². The first-order valence-electron chi connectivity index (χ1n) is 7.00. The molecule has 0 amide bonds. The van der Waals surface area contributed by atoms with Crippen LogP contribution in [-0.2, 0) is 17.1 Å². The average molecular weight is 333 g/mol. The number of hydrogen-bond acceptors (Lipinski definition) is 3. The number of aryl methyl sites for hydroxylation is 3. The highest BCUT2D eigenvalue weighted by Gasteiger charge is 2.18. The number of hydrogen-bond donors (Lipinski definition) is 1. The van der Waals surface area contributed by atoms with Crippen molar-refractivity contribution in [1.82, 2.24) is 9.55 Å². The molecule has 0 fully saturated rings. The number of nitrogens with one attached hydrogen (secondary N) is 1. The average Bonchev–Trinajstić information content (AvgIpc) is 2.72. The van der Waals surface area contributed by atoms with Crippen LogP contribution in [0.25, 0.3) is 11.0 Å². The Kier molecular flexibility index (Phi) is 3.60. The Labute approximate surface area is 133 Å². The fourth-order valence-corrected chi connectivity index (χ4v) is 3.79. The minimum atomic E-state index is -3.78. The van der Waals surface area contributed by atoms with Crippen molar-refractivity contribution in [3.05, 3.63) is 53.6 Å². The van der Waals surface area contributed by atoms with Crippen molar-refractivity contribution >= 4 is 26.7 Å². The first-order valence-corrected chi connectivity index (χ1v) is 8.48. The third-order valence-corrected chi connectivity index (χ3v) is 5.32. The summed E-state index contributed by atoms with van der Waals surface area (Å²) in [6.45, 7) is 3.44. The van der Waals surface area contributed by atoms with E-state index in [0.717, 1.165) is 17.4 Å². The lowest BCUT2D eigenvalue weighted by Crippen LogP contribution is -2.14. The van der Waals surface area contributed by atoms with Gasteiger partial charge in [-0.05, 0) is 55.8 Å². The highest BCUT2D eigenvalue weighted by Crippen LogP contribution is 2.23. The molecule has 5 nitrogen and oxygen atoms in total. The van der Waals surface area contributed by atoms with E-state index in [-0.39, 0.29) is 4.90 Å². The van der Waals surface area contributed by atoms with Crippen molar-refractivity contribution in [2.45, 2.75) is 18.7 Å². The maximum Gasteiger partial charge on any atom is 0.262 e. The molecule has 0 unspecified atom stereocenters. The highest BCUT2D eigenvalue weighted by molar-refractivity contribution is 7.92. The fraction of sp³-hybridized carbons (Fsp3) is 0.188. The van der Waals surface area contributed by atoms with Crippen molar-refractivity contribution in [1.29, 1.82) is 0 Å². The summed E-state index contributed by atoms with van der Waals surface area (Å²) in [6.07, 6.45) is 0. The number of rotatable bonds is 3. The van der Waals surface area contributed by atoms with E-state index in [0.29, 0.717) is 16.8 Å². The van der Waals surface area contributed by atoms with Gasteiger partial charge in [0.1, 0.15) is 11.6 Å². The molecule has 3 aromatic rings. The topological polar surface area (TPSA) is 64.0 Å². The van der Waals surface area contributed by atoms with Gasteiger partial charge in [0.2, 0.25) is 0 Å². The van der Waals surface area contributed by atoms with Gasteiger partial charge in [-0.3, -0.25) is 4.72 Å². The minimum absolute atomic E-state index is 0.0520. The SMILES string of the molecule is Cc1cc(F)ccc1S(=O)(=O)Nc1ccc2c(c1)nc(C)n2C. The molecule has 1 aromatic heterocycles. The maximum absolute atomic E-state index is 13.2. The number of halogens is 1. The molecule has 120 valence electrons. The van der Waals surface area contributed by atoms with Crippen molar-refractivity contribution in [3.8, 4) is 0 Å².